The molecule has 5 nitrogen and oxygen atoms in total. The highest BCUT2D eigenvalue weighted by atomic mass is 16.2. The second-order valence-corrected chi connectivity index (χ2v) is 9.04. The van der Waals surface area contributed by atoms with Gasteiger partial charge in [0.1, 0.15) is 0 Å². The molecule has 1 aromatic heterocycles. The molecule has 156 valence electrons. The maximum Gasteiger partial charge on any atom is 0.222 e. The van der Waals surface area contributed by atoms with E-state index in [4.69, 9.17) is 0 Å². The minimum Gasteiger partial charge on any atom is -0.345 e. The zero-order valence-corrected chi connectivity index (χ0v) is 18.3. The molecule has 0 spiro atoms. The topological polar surface area (TPSA) is 41.4 Å². The number of amides is 1. The lowest BCUT2D eigenvalue weighted by molar-refractivity contribution is -0.131. The van der Waals surface area contributed by atoms with Crippen LogP contribution >= 0.6 is 0 Å². The summed E-state index contributed by atoms with van der Waals surface area (Å²) in [5.74, 6) is 0.907. The van der Waals surface area contributed by atoms with Crippen LogP contribution in [0.5, 0.6) is 0 Å². The summed E-state index contributed by atoms with van der Waals surface area (Å²) in [7, 11) is 1.99. The van der Waals surface area contributed by atoms with E-state index in [2.05, 4.69) is 23.5 Å². The van der Waals surface area contributed by atoms with Crippen molar-refractivity contribution >= 4 is 5.91 Å². The van der Waals surface area contributed by atoms with Crippen molar-refractivity contribution in [3.05, 3.63) is 29.1 Å². The molecule has 0 bridgehead atoms. The molecule has 0 aromatic carbocycles. The second kappa shape index (κ2) is 9.25. The summed E-state index contributed by atoms with van der Waals surface area (Å²) in [5.41, 5.74) is 4.52. The van der Waals surface area contributed by atoms with E-state index in [-0.39, 0.29) is 5.91 Å². The summed E-state index contributed by atoms with van der Waals surface area (Å²) in [4.78, 5) is 17.5. The number of rotatable bonds is 7. The fourth-order valence-corrected chi connectivity index (χ4v) is 5.17. The SMILES string of the molecule is C=C(C)Cn1nc(C)c(CCC(=O)N(C)C[C@H]2CCCN3CCCC[C@H]23)c1C. The lowest BCUT2D eigenvalue weighted by Gasteiger charge is -2.45. The van der Waals surface area contributed by atoms with Gasteiger partial charge in [-0.15, -0.1) is 0 Å². The number of carbonyl (C=O) groups is 1. The molecule has 0 N–H and O–H groups in total. The van der Waals surface area contributed by atoms with E-state index in [0.29, 0.717) is 18.4 Å². The van der Waals surface area contributed by atoms with Crippen molar-refractivity contribution in [2.75, 3.05) is 26.7 Å². The Hall–Kier alpha value is -1.62. The van der Waals surface area contributed by atoms with Gasteiger partial charge in [0.25, 0.3) is 0 Å². The molecule has 0 radical (unpaired) electrons. The van der Waals surface area contributed by atoms with Crippen LogP contribution in [0.25, 0.3) is 0 Å². The van der Waals surface area contributed by atoms with Gasteiger partial charge in [-0.2, -0.15) is 5.10 Å². The van der Waals surface area contributed by atoms with Crippen molar-refractivity contribution in [1.29, 1.82) is 0 Å². The second-order valence-electron chi connectivity index (χ2n) is 9.04. The summed E-state index contributed by atoms with van der Waals surface area (Å²) in [6.45, 7) is 14.3. The normalized spacial score (nSPS) is 22.7. The minimum absolute atomic E-state index is 0.263. The minimum atomic E-state index is 0.263. The van der Waals surface area contributed by atoms with Gasteiger partial charge in [-0.3, -0.25) is 9.48 Å². The van der Waals surface area contributed by atoms with Crippen molar-refractivity contribution in [3.63, 3.8) is 0 Å². The predicted molar refractivity (Wildman–Crippen MR) is 114 cm³/mol. The van der Waals surface area contributed by atoms with Crippen LogP contribution in [-0.2, 0) is 17.8 Å². The summed E-state index contributed by atoms with van der Waals surface area (Å²) in [6.07, 6.45) is 7.90. The Bertz CT molecular complexity index is 706. The highest BCUT2D eigenvalue weighted by Gasteiger charge is 2.34. The van der Waals surface area contributed by atoms with E-state index < -0.39 is 0 Å². The van der Waals surface area contributed by atoms with Crippen molar-refractivity contribution in [3.8, 4) is 0 Å². The summed E-state index contributed by atoms with van der Waals surface area (Å²) >= 11 is 0. The van der Waals surface area contributed by atoms with Crippen molar-refractivity contribution in [2.24, 2.45) is 5.92 Å². The van der Waals surface area contributed by atoms with Crippen molar-refractivity contribution in [1.82, 2.24) is 19.6 Å². The van der Waals surface area contributed by atoms with E-state index in [0.717, 1.165) is 30.8 Å². The number of hydrogen-bond acceptors (Lipinski definition) is 3. The zero-order valence-electron chi connectivity index (χ0n) is 18.3. The average molecular weight is 387 g/mol. The van der Waals surface area contributed by atoms with Crippen LogP contribution in [0, 0.1) is 19.8 Å². The number of allylic oxidation sites excluding steroid dienone is 1. The molecule has 5 heteroatoms. The van der Waals surface area contributed by atoms with Gasteiger partial charge in [0, 0.05) is 31.7 Å². The first-order valence-electron chi connectivity index (χ1n) is 11.0. The quantitative estimate of drug-likeness (QED) is 0.671. The van der Waals surface area contributed by atoms with E-state index in [1.54, 1.807) is 0 Å². The van der Waals surface area contributed by atoms with Crippen LogP contribution in [0.15, 0.2) is 12.2 Å². The van der Waals surface area contributed by atoms with Crippen LogP contribution in [0.4, 0.5) is 0 Å². The average Bonchev–Trinajstić information content (AvgIpc) is 2.92. The Morgan fingerprint density at radius 1 is 1.21 bits per heavy atom. The molecule has 1 amide bonds. The lowest BCUT2D eigenvalue weighted by Crippen LogP contribution is -2.51. The number of nitrogens with zero attached hydrogens (tertiary/aromatic N) is 4. The molecular formula is C23H38N4O. The van der Waals surface area contributed by atoms with Gasteiger partial charge in [0.05, 0.1) is 12.2 Å². The van der Waals surface area contributed by atoms with Crippen LogP contribution in [-0.4, -0.2) is 58.2 Å². The molecular weight excluding hydrogens is 348 g/mol. The number of aromatic nitrogens is 2. The monoisotopic (exact) mass is 386 g/mol. The smallest absolute Gasteiger partial charge is 0.222 e. The number of aryl methyl sites for hydroxylation is 1. The molecule has 2 aliphatic rings. The number of piperidine rings is 2. The number of hydrogen-bond donors (Lipinski definition) is 0. The molecule has 2 fully saturated rings. The third kappa shape index (κ3) is 4.86. The Morgan fingerprint density at radius 3 is 2.71 bits per heavy atom. The predicted octanol–water partition coefficient (Wildman–Crippen LogP) is 3.73. The highest BCUT2D eigenvalue weighted by Crippen LogP contribution is 2.31. The highest BCUT2D eigenvalue weighted by molar-refractivity contribution is 5.76. The molecule has 0 saturated carbocycles. The first-order valence-corrected chi connectivity index (χ1v) is 11.0. The van der Waals surface area contributed by atoms with Gasteiger partial charge in [0.15, 0.2) is 0 Å². The Labute approximate surface area is 170 Å². The molecule has 2 aliphatic heterocycles. The largest absolute Gasteiger partial charge is 0.345 e. The third-order valence-corrected chi connectivity index (χ3v) is 6.70. The molecule has 3 rings (SSSR count). The number of carbonyl (C=O) groups excluding carboxylic acids is 1. The molecule has 1 aromatic rings. The summed E-state index contributed by atoms with van der Waals surface area (Å²) in [6, 6.07) is 0.697. The fourth-order valence-electron chi connectivity index (χ4n) is 5.17. The molecule has 3 heterocycles. The van der Waals surface area contributed by atoms with E-state index in [1.165, 1.54) is 56.5 Å². The van der Waals surface area contributed by atoms with E-state index >= 15 is 0 Å². The molecule has 0 aliphatic carbocycles. The molecule has 2 saturated heterocycles. The Kier molecular flexibility index (Phi) is 6.97. The standard InChI is InChI=1S/C23H38N4O/c1-17(2)15-27-19(4)21(18(3)24-27)11-12-23(28)25(5)16-20-9-8-14-26-13-7-6-10-22(20)26/h20,22H,1,6-16H2,2-5H3/t20-,22-/m1/s1. The maximum atomic E-state index is 12.8. The van der Waals surface area contributed by atoms with E-state index in [1.807, 2.05) is 30.5 Å². The Morgan fingerprint density at radius 2 is 1.96 bits per heavy atom. The number of fused-ring (bicyclic) bond motifs is 1. The van der Waals surface area contributed by atoms with E-state index in [9.17, 15) is 4.79 Å². The maximum absolute atomic E-state index is 12.8. The molecule has 2 atom stereocenters. The van der Waals surface area contributed by atoms with Gasteiger partial charge in [-0.05, 0) is 77.4 Å². The van der Waals surface area contributed by atoms with Gasteiger partial charge in [-0.1, -0.05) is 18.6 Å². The van der Waals surface area contributed by atoms with Crippen molar-refractivity contribution < 1.29 is 4.79 Å². The third-order valence-electron chi connectivity index (χ3n) is 6.70. The van der Waals surface area contributed by atoms with Crippen LogP contribution in [0.3, 0.4) is 0 Å². The molecule has 0 unspecified atom stereocenters. The van der Waals surface area contributed by atoms with Crippen LogP contribution in [0.1, 0.15) is 62.4 Å². The van der Waals surface area contributed by atoms with Gasteiger partial charge >= 0.3 is 0 Å². The van der Waals surface area contributed by atoms with Crippen LogP contribution in [0.2, 0.25) is 0 Å². The summed E-state index contributed by atoms with van der Waals surface area (Å²) < 4.78 is 2.01. The first-order chi connectivity index (χ1) is 13.4. The van der Waals surface area contributed by atoms with Crippen molar-refractivity contribution in [2.45, 2.75) is 78.3 Å². The van der Waals surface area contributed by atoms with Gasteiger partial charge < -0.3 is 9.80 Å². The summed E-state index contributed by atoms with van der Waals surface area (Å²) in [5, 5.41) is 4.64. The van der Waals surface area contributed by atoms with Gasteiger partial charge in [-0.25, -0.2) is 0 Å². The molecule has 28 heavy (non-hydrogen) atoms. The lowest BCUT2D eigenvalue weighted by atomic mass is 9.83. The fraction of sp³-hybridized carbons (Fsp3) is 0.739. The zero-order chi connectivity index (χ0) is 20.3. The van der Waals surface area contributed by atoms with Gasteiger partial charge in [0.2, 0.25) is 5.91 Å². The first kappa shape index (κ1) is 21.1. The Balaban J connectivity index is 1.55. The van der Waals surface area contributed by atoms with Crippen LogP contribution < -0.4 is 0 Å².